The van der Waals surface area contributed by atoms with Crippen LogP contribution in [0.25, 0.3) is 0 Å². The number of hydrogen-bond acceptors (Lipinski definition) is 1. The minimum atomic E-state index is 0.882. The van der Waals surface area contributed by atoms with Crippen molar-refractivity contribution < 1.29 is 0 Å². The average Bonchev–Trinajstić information content (AvgIpc) is 2.55. The predicted molar refractivity (Wildman–Crippen MR) is 47.5 cm³/mol. The Kier molecular flexibility index (Phi) is 2.17. The first-order valence-corrected chi connectivity index (χ1v) is 5.09. The first-order chi connectivity index (χ1) is 5.36. The topological polar surface area (TPSA) is 12.0 Å². The van der Waals surface area contributed by atoms with Crippen molar-refractivity contribution in [3.8, 4) is 0 Å². The van der Waals surface area contributed by atoms with Crippen molar-refractivity contribution in [1.82, 2.24) is 5.32 Å². The van der Waals surface area contributed by atoms with Crippen LogP contribution >= 0.6 is 0 Å². The summed E-state index contributed by atoms with van der Waals surface area (Å²) >= 11 is 0. The molecule has 1 N–H and O–H groups in total. The van der Waals surface area contributed by atoms with E-state index in [-0.39, 0.29) is 0 Å². The lowest BCUT2D eigenvalue weighted by molar-refractivity contribution is 0.392. The fraction of sp³-hybridized carbons (Fsp3) is 1.00. The Labute approximate surface area is 69.6 Å². The lowest BCUT2D eigenvalue weighted by atomic mass is 9.94. The van der Waals surface area contributed by atoms with Crippen molar-refractivity contribution in [2.24, 2.45) is 11.8 Å². The molecule has 2 aliphatic rings. The van der Waals surface area contributed by atoms with Gasteiger partial charge in [-0.25, -0.2) is 0 Å². The van der Waals surface area contributed by atoms with Crippen LogP contribution in [0, 0.1) is 11.8 Å². The third-order valence-electron chi connectivity index (χ3n) is 3.35. The molecule has 0 bridgehead atoms. The molecule has 1 saturated heterocycles. The minimum absolute atomic E-state index is 0.882. The molecular formula is C10H19N. The van der Waals surface area contributed by atoms with Gasteiger partial charge in [0.1, 0.15) is 0 Å². The summed E-state index contributed by atoms with van der Waals surface area (Å²) in [6.07, 6.45) is 7.38. The maximum Gasteiger partial charge on any atom is 0.00984 e. The van der Waals surface area contributed by atoms with E-state index >= 15 is 0 Å². The molecule has 1 aliphatic carbocycles. The van der Waals surface area contributed by atoms with Crippen LogP contribution in [0.15, 0.2) is 0 Å². The second-order valence-electron chi connectivity index (χ2n) is 4.40. The zero-order valence-corrected chi connectivity index (χ0v) is 7.47. The highest BCUT2D eigenvalue weighted by molar-refractivity contribution is 4.86. The van der Waals surface area contributed by atoms with Crippen molar-refractivity contribution in [2.75, 3.05) is 6.54 Å². The van der Waals surface area contributed by atoms with Crippen molar-refractivity contribution in [1.29, 1.82) is 0 Å². The van der Waals surface area contributed by atoms with E-state index in [2.05, 4.69) is 12.2 Å². The number of nitrogens with one attached hydrogen (secondary N) is 1. The van der Waals surface area contributed by atoms with E-state index in [1.165, 1.54) is 38.6 Å². The van der Waals surface area contributed by atoms with Gasteiger partial charge in [-0.15, -0.1) is 0 Å². The van der Waals surface area contributed by atoms with Gasteiger partial charge >= 0.3 is 0 Å². The summed E-state index contributed by atoms with van der Waals surface area (Å²) in [7, 11) is 0. The normalized spacial score (nSPS) is 40.1. The molecule has 0 radical (unpaired) electrons. The maximum absolute atomic E-state index is 3.65. The molecule has 2 unspecified atom stereocenters. The van der Waals surface area contributed by atoms with Gasteiger partial charge in [-0.1, -0.05) is 19.8 Å². The largest absolute Gasteiger partial charge is 0.313 e. The van der Waals surface area contributed by atoms with Crippen LogP contribution in [0.2, 0.25) is 0 Å². The Balaban J connectivity index is 1.85. The molecule has 11 heavy (non-hydrogen) atoms. The zero-order chi connectivity index (χ0) is 7.68. The van der Waals surface area contributed by atoms with Gasteiger partial charge in [0.05, 0.1) is 0 Å². The molecule has 0 aromatic rings. The molecule has 1 heterocycles. The van der Waals surface area contributed by atoms with Crippen LogP contribution in [-0.4, -0.2) is 12.6 Å². The van der Waals surface area contributed by atoms with E-state index in [4.69, 9.17) is 0 Å². The highest BCUT2D eigenvalue weighted by Gasteiger charge is 2.29. The summed E-state index contributed by atoms with van der Waals surface area (Å²) in [5.41, 5.74) is 0. The van der Waals surface area contributed by atoms with Crippen LogP contribution in [0.4, 0.5) is 0 Å². The molecular weight excluding hydrogens is 134 g/mol. The molecule has 1 aliphatic heterocycles. The fourth-order valence-electron chi connectivity index (χ4n) is 2.67. The minimum Gasteiger partial charge on any atom is -0.313 e. The molecule has 2 rings (SSSR count). The Morgan fingerprint density at radius 3 is 2.45 bits per heavy atom. The van der Waals surface area contributed by atoms with Crippen molar-refractivity contribution in [3.05, 3.63) is 0 Å². The molecule has 0 aromatic heterocycles. The van der Waals surface area contributed by atoms with E-state index in [0.717, 1.165) is 17.9 Å². The molecule has 2 fully saturated rings. The summed E-state index contributed by atoms with van der Waals surface area (Å²) in [4.78, 5) is 0. The summed E-state index contributed by atoms with van der Waals surface area (Å²) in [5.74, 6) is 1.96. The van der Waals surface area contributed by atoms with Crippen molar-refractivity contribution in [2.45, 2.75) is 45.1 Å². The van der Waals surface area contributed by atoms with Crippen LogP contribution in [0.3, 0.4) is 0 Å². The van der Waals surface area contributed by atoms with Crippen molar-refractivity contribution >= 4 is 0 Å². The summed E-state index contributed by atoms with van der Waals surface area (Å²) in [6.45, 7) is 3.63. The Morgan fingerprint density at radius 1 is 1.18 bits per heavy atom. The summed E-state index contributed by atoms with van der Waals surface area (Å²) in [6, 6.07) is 0.882. The van der Waals surface area contributed by atoms with E-state index in [9.17, 15) is 0 Å². The lowest BCUT2D eigenvalue weighted by Crippen LogP contribution is -2.28. The number of rotatable bonds is 1. The van der Waals surface area contributed by atoms with Gasteiger partial charge in [-0.3, -0.25) is 0 Å². The van der Waals surface area contributed by atoms with E-state index in [0.29, 0.717) is 0 Å². The zero-order valence-electron chi connectivity index (χ0n) is 7.47. The molecule has 1 nitrogen and oxygen atoms in total. The molecule has 2 atom stereocenters. The van der Waals surface area contributed by atoms with Gasteiger partial charge in [-0.2, -0.15) is 0 Å². The standard InChI is InChI=1S/C10H19N/c1-8-6-10(11-7-8)9-4-2-3-5-9/h8-11H,2-7H2,1H3. The molecule has 64 valence electrons. The van der Waals surface area contributed by atoms with Gasteiger partial charge < -0.3 is 5.32 Å². The van der Waals surface area contributed by atoms with Crippen LogP contribution in [0.1, 0.15) is 39.0 Å². The highest BCUT2D eigenvalue weighted by atomic mass is 15.0. The maximum atomic E-state index is 3.65. The highest BCUT2D eigenvalue weighted by Crippen LogP contribution is 2.32. The SMILES string of the molecule is CC1CNC(C2CCCC2)C1. The van der Waals surface area contributed by atoms with Gasteiger partial charge in [0.2, 0.25) is 0 Å². The molecule has 0 amide bonds. The summed E-state index contributed by atoms with van der Waals surface area (Å²) in [5, 5.41) is 3.65. The molecule has 0 aromatic carbocycles. The Morgan fingerprint density at radius 2 is 1.91 bits per heavy atom. The third-order valence-corrected chi connectivity index (χ3v) is 3.35. The Hall–Kier alpha value is -0.0400. The number of hydrogen-bond donors (Lipinski definition) is 1. The first-order valence-electron chi connectivity index (χ1n) is 5.09. The van der Waals surface area contributed by atoms with E-state index in [1.54, 1.807) is 0 Å². The van der Waals surface area contributed by atoms with Crippen molar-refractivity contribution in [3.63, 3.8) is 0 Å². The second kappa shape index (κ2) is 3.14. The van der Waals surface area contributed by atoms with Gasteiger partial charge in [-0.05, 0) is 37.6 Å². The lowest BCUT2D eigenvalue weighted by Gasteiger charge is -2.17. The third kappa shape index (κ3) is 1.58. The monoisotopic (exact) mass is 153 g/mol. The average molecular weight is 153 g/mol. The fourth-order valence-corrected chi connectivity index (χ4v) is 2.67. The van der Waals surface area contributed by atoms with E-state index < -0.39 is 0 Å². The Bertz CT molecular complexity index is 127. The summed E-state index contributed by atoms with van der Waals surface area (Å²) < 4.78 is 0. The molecule has 1 saturated carbocycles. The second-order valence-corrected chi connectivity index (χ2v) is 4.40. The first kappa shape index (κ1) is 7.60. The quantitative estimate of drug-likeness (QED) is 0.609. The smallest absolute Gasteiger partial charge is 0.00984 e. The van der Waals surface area contributed by atoms with E-state index in [1.807, 2.05) is 0 Å². The van der Waals surface area contributed by atoms with Crippen LogP contribution < -0.4 is 5.32 Å². The molecule has 1 heteroatoms. The molecule has 0 spiro atoms. The van der Waals surface area contributed by atoms with Gasteiger partial charge in [0, 0.05) is 6.04 Å². The van der Waals surface area contributed by atoms with Crippen LogP contribution in [-0.2, 0) is 0 Å². The van der Waals surface area contributed by atoms with Gasteiger partial charge in [0.15, 0.2) is 0 Å². The predicted octanol–water partition coefficient (Wildman–Crippen LogP) is 2.17. The van der Waals surface area contributed by atoms with Gasteiger partial charge in [0.25, 0.3) is 0 Å². The van der Waals surface area contributed by atoms with Crippen LogP contribution in [0.5, 0.6) is 0 Å².